The number of para-hydroxylation sites is 1. The Bertz CT molecular complexity index is 782. The molecule has 0 amide bonds. The molecule has 0 aliphatic rings. The predicted molar refractivity (Wildman–Crippen MR) is 92.3 cm³/mol. The Balaban J connectivity index is 1.83. The molecular weight excluding hydrogens is 396 g/mol. The molecule has 0 unspecified atom stereocenters. The average molecular weight is 408 g/mol. The Morgan fingerprint density at radius 3 is 2.48 bits per heavy atom. The summed E-state index contributed by atoms with van der Waals surface area (Å²) in [6.07, 6.45) is 0. The zero-order valence-corrected chi connectivity index (χ0v) is 14.2. The Morgan fingerprint density at radius 2 is 1.71 bits per heavy atom. The number of nitrogen functional groups attached to an aromatic ring is 1. The van der Waals surface area contributed by atoms with Crippen molar-refractivity contribution in [2.45, 2.75) is 6.61 Å². The molecule has 0 radical (unpaired) electrons. The van der Waals surface area contributed by atoms with E-state index in [4.69, 9.17) is 10.5 Å². The molecule has 3 rings (SSSR count). The number of nitrogens with zero attached hydrogens (tertiary/aromatic N) is 1. The summed E-state index contributed by atoms with van der Waals surface area (Å²) in [5, 5.41) is 1.12. The van der Waals surface area contributed by atoms with E-state index in [9.17, 15) is 0 Å². The molecule has 0 spiro atoms. The van der Waals surface area contributed by atoms with E-state index in [1.807, 2.05) is 48.5 Å². The molecule has 3 nitrogen and oxygen atoms in total. The minimum atomic E-state index is 0.395. The highest BCUT2D eigenvalue weighted by atomic mass is 79.9. The summed E-state index contributed by atoms with van der Waals surface area (Å²) >= 11 is 6.91. The lowest BCUT2D eigenvalue weighted by atomic mass is 10.2. The SMILES string of the molecule is Nc1cc(Br)c(OCc2ccc3ccccc3n2)c(Br)c1. The summed E-state index contributed by atoms with van der Waals surface area (Å²) in [5.41, 5.74) is 8.29. The van der Waals surface area contributed by atoms with Crippen LogP contribution in [0.3, 0.4) is 0 Å². The van der Waals surface area contributed by atoms with Crippen molar-refractivity contribution >= 4 is 48.5 Å². The van der Waals surface area contributed by atoms with Crippen molar-refractivity contribution in [3.8, 4) is 5.75 Å². The molecule has 3 aromatic rings. The van der Waals surface area contributed by atoms with Gasteiger partial charge in [0.2, 0.25) is 0 Å². The molecule has 0 fully saturated rings. The van der Waals surface area contributed by atoms with Crippen molar-refractivity contribution < 1.29 is 4.74 Å². The average Bonchev–Trinajstić information content (AvgIpc) is 2.46. The number of pyridine rings is 1. The van der Waals surface area contributed by atoms with Gasteiger partial charge in [-0.25, -0.2) is 4.98 Å². The zero-order chi connectivity index (χ0) is 14.8. The number of fused-ring (bicyclic) bond motifs is 1. The lowest BCUT2D eigenvalue weighted by molar-refractivity contribution is 0.298. The van der Waals surface area contributed by atoms with Crippen LogP contribution in [0.4, 0.5) is 5.69 Å². The van der Waals surface area contributed by atoms with Crippen LogP contribution in [0, 0.1) is 0 Å². The molecule has 0 bridgehead atoms. The highest BCUT2D eigenvalue weighted by Gasteiger charge is 2.09. The Kier molecular flexibility index (Phi) is 4.12. The van der Waals surface area contributed by atoms with E-state index in [2.05, 4.69) is 36.8 Å². The molecule has 0 atom stereocenters. The molecule has 0 saturated carbocycles. The Morgan fingerprint density at radius 1 is 1.00 bits per heavy atom. The van der Waals surface area contributed by atoms with E-state index in [-0.39, 0.29) is 0 Å². The van der Waals surface area contributed by atoms with Crippen LogP contribution in [-0.4, -0.2) is 4.98 Å². The van der Waals surface area contributed by atoms with Crippen LogP contribution < -0.4 is 10.5 Å². The van der Waals surface area contributed by atoms with Crippen molar-refractivity contribution in [3.63, 3.8) is 0 Å². The number of rotatable bonds is 3. The first-order chi connectivity index (χ1) is 10.1. The minimum absolute atomic E-state index is 0.395. The van der Waals surface area contributed by atoms with E-state index < -0.39 is 0 Å². The molecule has 1 aromatic heterocycles. The lowest BCUT2D eigenvalue weighted by Crippen LogP contribution is -2.00. The van der Waals surface area contributed by atoms with E-state index in [1.54, 1.807) is 0 Å². The zero-order valence-electron chi connectivity index (χ0n) is 11.0. The number of anilines is 1. The third kappa shape index (κ3) is 3.19. The van der Waals surface area contributed by atoms with Crippen molar-refractivity contribution in [3.05, 3.63) is 63.2 Å². The van der Waals surface area contributed by atoms with Crippen LogP contribution in [0.2, 0.25) is 0 Å². The molecule has 2 aromatic carbocycles. The van der Waals surface area contributed by atoms with Gasteiger partial charge in [0.25, 0.3) is 0 Å². The van der Waals surface area contributed by atoms with Crippen LogP contribution in [0.15, 0.2) is 57.5 Å². The summed E-state index contributed by atoms with van der Waals surface area (Å²) in [4.78, 5) is 4.59. The number of hydrogen-bond acceptors (Lipinski definition) is 3. The predicted octanol–water partition coefficient (Wildman–Crippen LogP) is 4.92. The minimum Gasteiger partial charge on any atom is -0.485 e. The fraction of sp³-hybridized carbons (Fsp3) is 0.0625. The van der Waals surface area contributed by atoms with Gasteiger partial charge in [-0.05, 0) is 56.1 Å². The van der Waals surface area contributed by atoms with Crippen molar-refractivity contribution in [1.29, 1.82) is 0 Å². The van der Waals surface area contributed by atoms with Crippen LogP contribution in [0.1, 0.15) is 5.69 Å². The highest BCUT2D eigenvalue weighted by Crippen LogP contribution is 2.36. The second-order valence-corrected chi connectivity index (χ2v) is 6.31. The Hall–Kier alpha value is -1.59. The van der Waals surface area contributed by atoms with E-state index in [1.165, 1.54) is 0 Å². The second-order valence-electron chi connectivity index (χ2n) is 4.60. The van der Waals surface area contributed by atoms with Gasteiger partial charge < -0.3 is 10.5 Å². The number of hydrogen-bond donors (Lipinski definition) is 1. The second kappa shape index (κ2) is 6.03. The van der Waals surface area contributed by atoms with Crippen molar-refractivity contribution in [2.24, 2.45) is 0 Å². The maximum atomic E-state index is 5.85. The van der Waals surface area contributed by atoms with Gasteiger partial charge in [0.05, 0.1) is 20.2 Å². The first kappa shape index (κ1) is 14.4. The van der Waals surface area contributed by atoms with Crippen molar-refractivity contribution in [2.75, 3.05) is 5.73 Å². The largest absolute Gasteiger partial charge is 0.485 e. The first-order valence-electron chi connectivity index (χ1n) is 6.35. The third-order valence-electron chi connectivity index (χ3n) is 3.04. The summed E-state index contributed by atoms with van der Waals surface area (Å²) in [7, 11) is 0. The van der Waals surface area contributed by atoms with Crippen molar-refractivity contribution in [1.82, 2.24) is 4.98 Å². The molecule has 0 aliphatic carbocycles. The van der Waals surface area contributed by atoms with Crippen LogP contribution in [-0.2, 0) is 6.61 Å². The molecule has 5 heteroatoms. The van der Waals surface area contributed by atoms with Gasteiger partial charge in [0.1, 0.15) is 12.4 Å². The molecule has 106 valence electrons. The topological polar surface area (TPSA) is 48.1 Å². The first-order valence-corrected chi connectivity index (χ1v) is 7.94. The third-order valence-corrected chi connectivity index (χ3v) is 4.22. The number of halogens is 2. The van der Waals surface area contributed by atoms with Crippen LogP contribution >= 0.6 is 31.9 Å². The summed E-state index contributed by atoms with van der Waals surface area (Å²) in [5.74, 6) is 0.721. The summed E-state index contributed by atoms with van der Waals surface area (Å²) < 4.78 is 7.48. The fourth-order valence-corrected chi connectivity index (χ4v) is 3.50. The van der Waals surface area contributed by atoms with Gasteiger partial charge in [-0.1, -0.05) is 24.3 Å². The van der Waals surface area contributed by atoms with Gasteiger partial charge in [-0.3, -0.25) is 0 Å². The molecule has 0 saturated heterocycles. The molecule has 0 aliphatic heterocycles. The lowest BCUT2D eigenvalue weighted by Gasteiger charge is -2.11. The monoisotopic (exact) mass is 406 g/mol. The van der Waals surface area contributed by atoms with Gasteiger partial charge in [-0.15, -0.1) is 0 Å². The fourth-order valence-electron chi connectivity index (χ4n) is 2.05. The normalized spacial score (nSPS) is 10.8. The number of ether oxygens (including phenoxy) is 1. The number of aromatic nitrogens is 1. The molecule has 1 heterocycles. The maximum Gasteiger partial charge on any atom is 0.148 e. The molecule has 2 N–H and O–H groups in total. The Labute approximate surface area is 139 Å². The van der Waals surface area contributed by atoms with E-state index >= 15 is 0 Å². The smallest absolute Gasteiger partial charge is 0.148 e. The standard InChI is InChI=1S/C16H12Br2N2O/c17-13-7-11(19)8-14(18)16(13)21-9-12-6-5-10-3-1-2-4-15(10)20-12/h1-8H,9,19H2. The quantitative estimate of drug-likeness (QED) is 0.626. The molecular formula is C16H12Br2N2O. The van der Waals surface area contributed by atoms with Gasteiger partial charge in [-0.2, -0.15) is 0 Å². The number of benzene rings is 2. The van der Waals surface area contributed by atoms with Crippen LogP contribution in [0.25, 0.3) is 10.9 Å². The number of nitrogens with two attached hydrogens (primary N) is 1. The summed E-state index contributed by atoms with van der Waals surface area (Å²) in [6, 6.07) is 15.7. The highest BCUT2D eigenvalue weighted by molar-refractivity contribution is 9.11. The summed E-state index contributed by atoms with van der Waals surface area (Å²) in [6.45, 7) is 0.395. The van der Waals surface area contributed by atoms with Crippen LogP contribution in [0.5, 0.6) is 5.75 Å². The van der Waals surface area contributed by atoms with E-state index in [0.717, 1.165) is 31.3 Å². The maximum absolute atomic E-state index is 5.85. The van der Waals surface area contributed by atoms with Gasteiger partial charge in [0.15, 0.2) is 0 Å². The van der Waals surface area contributed by atoms with Gasteiger partial charge >= 0.3 is 0 Å². The van der Waals surface area contributed by atoms with Gasteiger partial charge in [0, 0.05) is 11.1 Å². The van der Waals surface area contributed by atoms with E-state index in [0.29, 0.717) is 12.3 Å². The molecule has 21 heavy (non-hydrogen) atoms.